The van der Waals surface area contributed by atoms with Gasteiger partial charge < -0.3 is 9.31 Å². The van der Waals surface area contributed by atoms with Crippen molar-refractivity contribution in [2.45, 2.75) is 72.5 Å². The minimum Gasteiger partial charge on any atom is -0.399 e. The fourth-order valence-electron chi connectivity index (χ4n) is 3.31. The SMILES string of the molecule is Cc1ccc(C(C)C)cc2c(C)c(B3OC(C)(C)C(C)(C)O3)cc1-2. The average Bonchev–Trinajstić information content (AvgIpc) is 2.80. The molecule has 1 aliphatic heterocycles. The normalized spacial score (nSPS) is 19.5. The summed E-state index contributed by atoms with van der Waals surface area (Å²) in [6, 6.07) is 9.06. The van der Waals surface area contributed by atoms with Crippen LogP contribution in [-0.4, -0.2) is 18.3 Å². The summed E-state index contributed by atoms with van der Waals surface area (Å²) >= 11 is 0. The monoisotopic (exact) mass is 324 g/mol. The molecule has 0 aromatic carbocycles. The Bertz CT molecular complexity index is 730. The molecule has 0 N–H and O–H groups in total. The number of hydrogen-bond acceptors (Lipinski definition) is 2. The molecule has 1 heterocycles. The second kappa shape index (κ2) is 5.61. The number of hydrogen-bond donors (Lipinski definition) is 0. The van der Waals surface area contributed by atoms with E-state index in [-0.39, 0.29) is 18.3 Å². The molecular formula is C21H29BO2. The van der Waals surface area contributed by atoms with Crippen LogP contribution in [0.15, 0.2) is 24.3 Å². The van der Waals surface area contributed by atoms with Crippen LogP contribution in [0.1, 0.15) is 64.2 Å². The van der Waals surface area contributed by atoms with Gasteiger partial charge in [-0.15, -0.1) is 0 Å². The Balaban J connectivity index is 2.13. The fourth-order valence-corrected chi connectivity index (χ4v) is 3.31. The molecule has 2 nitrogen and oxygen atoms in total. The first-order valence-electron chi connectivity index (χ1n) is 8.93. The summed E-state index contributed by atoms with van der Waals surface area (Å²) in [4.78, 5) is 0. The molecule has 0 amide bonds. The van der Waals surface area contributed by atoms with Gasteiger partial charge in [-0.05, 0) is 80.7 Å². The van der Waals surface area contributed by atoms with Crippen LogP contribution in [0.25, 0.3) is 11.1 Å². The topological polar surface area (TPSA) is 18.5 Å². The third kappa shape index (κ3) is 2.68. The Hall–Kier alpha value is -1.32. The Morgan fingerprint density at radius 3 is 2.00 bits per heavy atom. The van der Waals surface area contributed by atoms with Gasteiger partial charge in [0.1, 0.15) is 0 Å². The van der Waals surface area contributed by atoms with Crippen molar-refractivity contribution < 1.29 is 9.31 Å². The van der Waals surface area contributed by atoms with Crippen molar-refractivity contribution in [2.24, 2.45) is 0 Å². The molecule has 0 unspecified atom stereocenters. The second-order valence-electron chi connectivity index (χ2n) is 8.46. The van der Waals surface area contributed by atoms with E-state index >= 15 is 0 Å². The molecule has 3 heteroatoms. The minimum atomic E-state index is -0.309. The summed E-state index contributed by atoms with van der Waals surface area (Å²) in [5.74, 6) is 0.509. The lowest BCUT2D eigenvalue weighted by atomic mass is 9.78. The number of rotatable bonds is 2. The average molecular weight is 324 g/mol. The van der Waals surface area contributed by atoms with Crippen LogP contribution >= 0.6 is 0 Å². The van der Waals surface area contributed by atoms with Gasteiger partial charge in [0.05, 0.1) is 11.2 Å². The highest BCUT2D eigenvalue weighted by molar-refractivity contribution is 6.63. The maximum atomic E-state index is 6.28. The lowest BCUT2D eigenvalue weighted by Crippen LogP contribution is -2.41. The largest absolute Gasteiger partial charge is 0.495 e. The first kappa shape index (κ1) is 17.5. The molecule has 0 saturated carbocycles. The van der Waals surface area contributed by atoms with Crippen molar-refractivity contribution >= 4 is 12.6 Å². The quantitative estimate of drug-likeness (QED) is 0.737. The molecule has 1 saturated heterocycles. The molecule has 24 heavy (non-hydrogen) atoms. The van der Waals surface area contributed by atoms with Crippen LogP contribution in [0.5, 0.6) is 0 Å². The Morgan fingerprint density at radius 2 is 1.46 bits per heavy atom. The zero-order valence-corrected chi connectivity index (χ0v) is 16.3. The minimum absolute atomic E-state index is 0.297. The smallest absolute Gasteiger partial charge is 0.399 e. The van der Waals surface area contributed by atoms with E-state index in [2.05, 4.69) is 79.7 Å². The molecule has 1 fully saturated rings. The molecule has 2 aliphatic carbocycles. The van der Waals surface area contributed by atoms with Crippen LogP contribution in [0.3, 0.4) is 0 Å². The lowest BCUT2D eigenvalue weighted by molar-refractivity contribution is 0.00578. The van der Waals surface area contributed by atoms with Gasteiger partial charge in [0, 0.05) is 0 Å². The zero-order valence-electron chi connectivity index (χ0n) is 16.3. The van der Waals surface area contributed by atoms with Crippen LogP contribution in [-0.2, 0) is 9.31 Å². The summed E-state index contributed by atoms with van der Waals surface area (Å²) in [5.41, 5.74) is 7.07. The number of aryl methyl sites for hydroxylation is 1. The molecular weight excluding hydrogens is 295 g/mol. The van der Waals surface area contributed by atoms with Gasteiger partial charge in [0.15, 0.2) is 0 Å². The Kier molecular flexibility index (Phi) is 4.09. The summed E-state index contributed by atoms with van der Waals surface area (Å²) in [6.45, 7) is 17.3. The number of fused-ring (bicyclic) bond motifs is 1. The molecule has 0 bridgehead atoms. The van der Waals surface area contributed by atoms with Crippen LogP contribution in [0.2, 0.25) is 0 Å². The molecule has 0 aromatic rings. The predicted molar refractivity (Wildman–Crippen MR) is 102 cm³/mol. The van der Waals surface area contributed by atoms with Gasteiger partial charge in [-0.1, -0.05) is 38.1 Å². The summed E-state index contributed by atoms with van der Waals surface area (Å²) in [7, 11) is -0.297. The Morgan fingerprint density at radius 1 is 0.875 bits per heavy atom. The van der Waals surface area contributed by atoms with E-state index in [9.17, 15) is 0 Å². The van der Waals surface area contributed by atoms with Gasteiger partial charge in [0.25, 0.3) is 0 Å². The first-order chi connectivity index (χ1) is 11.0. The molecule has 0 radical (unpaired) electrons. The van der Waals surface area contributed by atoms with E-state index in [1.807, 2.05) is 0 Å². The highest BCUT2D eigenvalue weighted by Gasteiger charge is 2.52. The van der Waals surface area contributed by atoms with E-state index < -0.39 is 0 Å². The fraction of sp³-hybridized carbons (Fsp3) is 0.524. The van der Waals surface area contributed by atoms with Crippen molar-refractivity contribution in [3.8, 4) is 11.1 Å². The van der Waals surface area contributed by atoms with E-state index in [4.69, 9.17) is 9.31 Å². The third-order valence-electron chi connectivity index (χ3n) is 5.86. The molecule has 128 valence electrons. The Labute approximate surface area is 147 Å². The summed E-state index contributed by atoms with van der Waals surface area (Å²) < 4.78 is 12.6. The van der Waals surface area contributed by atoms with E-state index in [1.54, 1.807) is 0 Å². The summed E-state index contributed by atoms with van der Waals surface area (Å²) in [5, 5.41) is 0. The van der Waals surface area contributed by atoms with E-state index in [1.165, 1.54) is 27.8 Å². The molecule has 3 aliphatic rings. The van der Waals surface area contributed by atoms with Crippen molar-refractivity contribution in [1.29, 1.82) is 0 Å². The van der Waals surface area contributed by atoms with Gasteiger partial charge in [0.2, 0.25) is 0 Å². The molecule has 0 atom stereocenters. The maximum absolute atomic E-state index is 6.28. The zero-order chi connectivity index (χ0) is 17.9. The van der Waals surface area contributed by atoms with E-state index in [0.29, 0.717) is 5.92 Å². The highest BCUT2D eigenvalue weighted by Crippen LogP contribution is 2.38. The van der Waals surface area contributed by atoms with Crippen molar-refractivity contribution in [3.63, 3.8) is 0 Å². The van der Waals surface area contributed by atoms with Crippen molar-refractivity contribution in [2.75, 3.05) is 0 Å². The van der Waals surface area contributed by atoms with Crippen molar-refractivity contribution in [1.82, 2.24) is 0 Å². The van der Waals surface area contributed by atoms with E-state index in [0.717, 1.165) is 5.46 Å². The van der Waals surface area contributed by atoms with Gasteiger partial charge >= 0.3 is 7.12 Å². The van der Waals surface area contributed by atoms with Gasteiger partial charge in [-0.25, -0.2) is 0 Å². The highest BCUT2D eigenvalue weighted by atomic mass is 16.7. The van der Waals surface area contributed by atoms with Crippen LogP contribution in [0, 0.1) is 13.8 Å². The molecule has 3 rings (SSSR count). The second-order valence-corrected chi connectivity index (χ2v) is 8.46. The van der Waals surface area contributed by atoms with Gasteiger partial charge in [-0.2, -0.15) is 0 Å². The van der Waals surface area contributed by atoms with Crippen molar-refractivity contribution in [3.05, 3.63) is 41.0 Å². The van der Waals surface area contributed by atoms with Gasteiger partial charge in [-0.3, -0.25) is 0 Å². The summed E-state index contributed by atoms with van der Waals surface area (Å²) in [6.07, 6.45) is 0. The van der Waals surface area contributed by atoms with Crippen LogP contribution in [0.4, 0.5) is 0 Å². The van der Waals surface area contributed by atoms with Crippen LogP contribution < -0.4 is 5.46 Å². The molecule has 0 spiro atoms. The third-order valence-corrected chi connectivity index (χ3v) is 5.86. The lowest BCUT2D eigenvalue weighted by Gasteiger charge is -2.32. The molecule has 0 aromatic heterocycles. The predicted octanol–water partition coefficient (Wildman–Crippen LogP) is 4.83. The standard InChI is InChI=1S/C21H29BO2/c1-13(2)16-10-9-14(3)17-12-19(15(4)18(17)11-16)22-23-20(5,6)21(7,8)24-22/h9-13H,1-8H3. The first-order valence-corrected chi connectivity index (χ1v) is 8.93. The maximum Gasteiger partial charge on any atom is 0.495 e.